The third-order valence-electron chi connectivity index (χ3n) is 5.59. The van der Waals surface area contributed by atoms with Gasteiger partial charge in [-0.15, -0.1) is 0 Å². The molecule has 2 aromatic carbocycles. The maximum Gasteiger partial charge on any atom is 0.429 e. The van der Waals surface area contributed by atoms with Gasteiger partial charge in [0, 0.05) is 24.6 Å². The standard InChI is InChI=1S/C24H25ClF3N3O/c1-15(2)21-8-5-13-31(21)23(32)17-11-9-16(10-12-17)20(14-22(29)24(26,27)28)30-19-7-4-3-6-18(19)25/h3-4,6-7,9-12,15,21,29H,5,8,13-14H2,1-2H3. The number of carbonyl (C=O) groups excluding carboxylic acids is 1. The molecule has 1 heterocycles. The second-order valence-electron chi connectivity index (χ2n) is 8.19. The molecule has 0 saturated carbocycles. The Morgan fingerprint density at radius 1 is 1.16 bits per heavy atom. The first-order valence-corrected chi connectivity index (χ1v) is 10.8. The molecular weight excluding hydrogens is 439 g/mol. The largest absolute Gasteiger partial charge is 0.429 e. The van der Waals surface area contributed by atoms with Crippen molar-refractivity contribution >= 4 is 34.6 Å². The highest BCUT2D eigenvalue weighted by molar-refractivity contribution is 6.33. The molecule has 1 unspecified atom stereocenters. The first-order valence-electron chi connectivity index (χ1n) is 10.5. The summed E-state index contributed by atoms with van der Waals surface area (Å²) in [7, 11) is 0. The summed E-state index contributed by atoms with van der Waals surface area (Å²) in [5.41, 5.74) is -0.154. The van der Waals surface area contributed by atoms with Crippen LogP contribution < -0.4 is 0 Å². The van der Waals surface area contributed by atoms with Crippen LogP contribution in [0.15, 0.2) is 53.5 Å². The number of likely N-dealkylation sites (tertiary alicyclic amines) is 1. The molecule has 1 aliphatic heterocycles. The summed E-state index contributed by atoms with van der Waals surface area (Å²) in [5.74, 6) is 0.267. The molecule has 8 heteroatoms. The molecule has 0 radical (unpaired) electrons. The number of benzene rings is 2. The van der Waals surface area contributed by atoms with Crippen LogP contribution in [0.5, 0.6) is 0 Å². The third-order valence-corrected chi connectivity index (χ3v) is 5.91. The molecule has 1 amide bonds. The Bertz CT molecular complexity index is 1020. The minimum atomic E-state index is -4.75. The number of nitrogens with zero attached hydrogens (tertiary/aromatic N) is 2. The van der Waals surface area contributed by atoms with Crippen molar-refractivity contribution in [3.8, 4) is 0 Å². The summed E-state index contributed by atoms with van der Waals surface area (Å²) in [4.78, 5) is 19.2. The second-order valence-corrected chi connectivity index (χ2v) is 8.60. The van der Waals surface area contributed by atoms with Crippen molar-refractivity contribution in [3.05, 3.63) is 64.7 Å². The average Bonchev–Trinajstić information content (AvgIpc) is 3.24. The number of amides is 1. The zero-order valence-corrected chi connectivity index (χ0v) is 18.7. The van der Waals surface area contributed by atoms with Crippen molar-refractivity contribution in [1.29, 1.82) is 5.41 Å². The summed E-state index contributed by atoms with van der Waals surface area (Å²) >= 11 is 6.13. The number of nitrogens with one attached hydrogen (secondary N) is 1. The zero-order chi connectivity index (χ0) is 23.5. The molecule has 0 aromatic heterocycles. The second kappa shape index (κ2) is 9.86. The summed E-state index contributed by atoms with van der Waals surface area (Å²) in [6.07, 6.45) is -3.53. The van der Waals surface area contributed by atoms with Crippen LogP contribution >= 0.6 is 11.6 Å². The van der Waals surface area contributed by atoms with Crippen LogP contribution in [-0.2, 0) is 0 Å². The van der Waals surface area contributed by atoms with Gasteiger partial charge < -0.3 is 10.3 Å². The summed E-state index contributed by atoms with van der Waals surface area (Å²) in [6, 6.07) is 13.1. The molecule has 0 bridgehead atoms. The van der Waals surface area contributed by atoms with E-state index in [2.05, 4.69) is 18.8 Å². The molecule has 32 heavy (non-hydrogen) atoms. The van der Waals surface area contributed by atoms with Crippen molar-refractivity contribution < 1.29 is 18.0 Å². The monoisotopic (exact) mass is 463 g/mol. The topological polar surface area (TPSA) is 56.5 Å². The molecule has 0 spiro atoms. The van der Waals surface area contributed by atoms with Crippen LogP contribution in [0.25, 0.3) is 0 Å². The summed E-state index contributed by atoms with van der Waals surface area (Å²) < 4.78 is 39.1. The van der Waals surface area contributed by atoms with E-state index in [4.69, 9.17) is 17.0 Å². The summed E-state index contributed by atoms with van der Waals surface area (Å²) in [5, 5.41) is 7.72. The van der Waals surface area contributed by atoms with Crippen molar-refractivity contribution in [1.82, 2.24) is 4.90 Å². The Kier molecular flexibility index (Phi) is 7.39. The molecule has 1 fully saturated rings. The minimum Gasteiger partial charge on any atom is -0.335 e. The molecule has 1 atom stereocenters. The van der Waals surface area contributed by atoms with E-state index >= 15 is 0 Å². The fourth-order valence-corrected chi connectivity index (χ4v) is 4.05. The van der Waals surface area contributed by atoms with Crippen molar-refractivity contribution in [2.24, 2.45) is 10.9 Å². The Hall–Kier alpha value is -2.67. The van der Waals surface area contributed by atoms with Gasteiger partial charge in [-0.25, -0.2) is 0 Å². The molecule has 1 N–H and O–H groups in total. The lowest BCUT2D eigenvalue weighted by atomic mass is 10.00. The van der Waals surface area contributed by atoms with Crippen LogP contribution in [-0.4, -0.2) is 41.0 Å². The summed E-state index contributed by atoms with van der Waals surface area (Å²) in [6.45, 7) is 4.88. The SMILES string of the molecule is CC(C)C1CCCN1C(=O)c1ccc(C(CC(=N)C(F)(F)F)=Nc2ccccc2Cl)cc1. The number of carbonyl (C=O) groups is 1. The number of halogens is 4. The van der Waals surface area contributed by atoms with E-state index < -0.39 is 18.3 Å². The van der Waals surface area contributed by atoms with E-state index in [1.807, 2.05) is 4.90 Å². The van der Waals surface area contributed by atoms with E-state index in [1.54, 1.807) is 48.5 Å². The number of aliphatic imine (C=N–C) groups is 1. The molecule has 170 valence electrons. The quantitative estimate of drug-likeness (QED) is 0.476. The molecule has 1 saturated heterocycles. The fourth-order valence-electron chi connectivity index (χ4n) is 3.87. The number of para-hydroxylation sites is 1. The highest BCUT2D eigenvalue weighted by atomic mass is 35.5. The van der Waals surface area contributed by atoms with Crippen molar-refractivity contribution in [3.63, 3.8) is 0 Å². The normalized spacial score (nSPS) is 17.2. The highest BCUT2D eigenvalue weighted by Crippen LogP contribution is 2.28. The van der Waals surface area contributed by atoms with Gasteiger partial charge >= 0.3 is 6.18 Å². The predicted octanol–water partition coefficient (Wildman–Crippen LogP) is 6.69. The molecule has 3 rings (SSSR count). The zero-order valence-electron chi connectivity index (χ0n) is 17.9. The molecule has 4 nitrogen and oxygen atoms in total. The van der Waals surface area contributed by atoms with Crippen LogP contribution in [0.1, 0.15) is 49.0 Å². The molecule has 2 aromatic rings. The molecular formula is C24H25ClF3N3O. The molecule has 0 aliphatic carbocycles. The maximum absolute atomic E-state index is 13.0. The highest BCUT2D eigenvalue weighted by Gasteiger charge is 2.35. The van der Waals surface area contributed by atoms with E-state index in [9.17, 15) is 18.0 Å². The Morgan fingerprint density at radius 3 is 2.38 bits per heavy atom. The number of hydrogen-bond donors (Lipinski definition) is 1. The first kappa shape index (κ1) is 24.0. The molecule has 1 aliphatic rings. The third kappa shape index (κ3) is 5.57. The van der Waals surface area contributed by atoms with Gasteiger partial charge in [0.1, 0.15) is 5.71 Å². The minimum absolute atomic E-state index is 0.0562. The van der Waals surface area contributed by atoms with Gasteiger partial charge in [-0.05, 0) is 48.6 Å². The van der Waals surface area contributed by atoms with Gasteiger partial charge in [-0.3, -0.25) is 9.79 Å². The first-order chi connectivity index (χ1) is 15.1. The van der Waals surface area contributed by atoms with Gasteiger partial charge in [0.2, 0.25) is 0 Å². The van der Waals surface area contributed by atoms with Gasteiger partial charge in [-0.1, -0.05) is 49.7 Å². The lowest BCUT2D eigenvalue weighted by Gasteiger charge is -2.27. The maximum atomic E-state index is 13.0. The van der Waals surface area contributed by atoms with Gasteiger partial charge in [-0.2, -0.15) is 13.2 Å². The van der Waals surface area contributed by atoms with Crippen LogP contribution in [0.2, 0.25) is 5.02 Å². The van der Waals surface area contributed by atoms with Crippen LogP contribution in [0, 0.1) is 11.3 Å². The lowest BCUT2D eigenvalue weighted by molar-refractivity contribution is -0.0605. The number of alkyl halides is 3. The van der Waals surface area contributed by atoms with Gasteiger partial charge in [0.15, 0.2) is 0 Å². The van der Waals surface area contributed by atoms with Gasteiger partial charge in [0.05, 0.1) is 16.4 Å². The number of hydrogen-bond acceptors (Lipinski definition) is 3. The average molecular weight is 464 g/mol. The Labute approximate surface area is 190 Å². The number of rotatable bonds is 6. The van der Waals surface area contributed by atoms with Crippen molar-refractivity contribution in [2.45, 2.75) is 45.3 Å². The van der Waals surface area contributed by atoms with E-state index in [0.717, 1.165) is 12.8 Å². The van der Waals surface area contributed by atoms with E-state index in [0.29, 0.717) is 34.3 Å². The Balaban J connectivity index is 1.91. The fraction of sp³-hybridized carbons (Fsp3) is 0.375. The Morgan fingerprint density at radius 2 is 1.78 bits per heavy atom. The van der Waals surface area contributed by atoms with E-state index in [1.165, 1.54) is 0 Å². The van der Waals surface area contributed by atoms with Crippen LogP contribution in [0.3, 0.4) is 0 Å². The van der Waals surface area contributed by atoms with Crippen molar-refractivity contribution in [2.75, 3.05) is 6.54 Å². The van der Waals surface area contributed by atoms with Crippen LogP contribution in [0.4, 0.5) is 18.9 Å². The van der Waals surface area contributed by atoms with Gasteiger partial charge in [0.25, 0.3) is 5.91 Å². The lowest BCUT2D eigenvalue weighted by Crippen LogP contribution is -2.38. The smallest absolute Gasteiger partial charge is 0.335 e. The van der Waals surface area contributed by atoms with E-state index in [-0.39, 0.29) is 17.7 Å². The predicted molar refractivity (Wildman–Crippen MR) is 121 cm³/mol.